The number of hydrogen-bond acceptors (Lipinski definition) is 7. The van der Waals surface area contributed by atoms with Crippen LogP contribution in [0.5, 0.6) is 11.5 Å². The van der Waals surface area contributed by atoms with Crippen LogP contribution in [0.4, 0.5) is 0 Å². The van der Waals surface area contributed by atoms with Crippen LogP contribution in [0, 0.1) is 0 Å². The third kappa shape index (κ3) is 4.63. The molecule has 7 heteroatoms. The number of ether oxygens (including phenoxy) is 4. The van der Waals surface area contributed by atoms with Crippen molar-refractivity contribution in [1.29, 1.82) is 0 Å². The van der Waals surface area contributed by atoms with Gasteiger partial charge in [0.1, 0.15) is 30.3 Å². The highest BCUT2D eigenvalue weighted by Gasteiger charge is 2.16. The number of esters is 1. The SMILES string of the molecule is COc1ccc2c(COC(=O)c3ccc(OC[C@H]4CCCO4)cc3)cc(=O)oc2c1. The first-order chi connectivity index (χ1) is 14.6. The summed E-state index contributed by atoms with van der Waals surface area (Å²) >= 11 is 0. The van der Waals surface area contributed by atoms with E-state index >= 15 is 0 Å². The molecule has 2 heterocycles. The van der Waals surface area contributed by atoms with Gasteiger partial charge in [0.15, 0.2) is 0 Å². The number of benzene rings is 2. The Labute approximate surface area is 173 Å². The van der Waals surface area contributed by atoms with E-state index in [4.69, 9.17) is 23.4 Å². The van der Waals surface area contributed by atoms with Crippen LogP contribution in [0.1, 0.15) is 28.8 Å². The lowest BCUT2D eigenvalue weighted by Crippen LogP contribution is -2.16. The van der Waals surface area contributed by atoms with Crippen molar-refractivity contribution in [3.05, 3.63) is 70.1 Å². The number of methoxy groups -OCH3 is 1. The van der Waals surface area contributed by atoms with Gasteiger partial charge in [0.2, 0.25) is 0 Å². The summed E-state index contributed by atoms with van der Waals surface area (Å²) in [5.74, 6) is 0.750. The van der Waals surface area contributed by atoms with Crippen LogP contribution >= 0.6 is 0 Å². The van der Waals surface area contributed by atoms with Crippen molar-refractivity contribution in [2.75, 3.05) is 20.3 Å². The van der Waals surface area contributed by atoms with Crippen molar-refractivity contribution >= 4 is 16.9 Å². The Hall–Kier alpha value is -3.32. The maximum absolute atomic E-state index is 12.4. The van der Waals surface area contributed by atoms with E-state index in [-0.39, 0.29) is 12.7 Å². The van der Waals surface area contributed by atoms with Gasteiger partial charge in [-0.15, -0.1) is 0 Å². The molecule has 1 atom stereocenters. The van der Waals surface area contributed by atoms with Crippen molar-refractivity contribution in [2.24, 2.45) is 0 Å². The average molecular weight is 410 g/mol. The molecule has 1 fully saturated rings. The summed E-state index contributed by atoms with van der Waals surface area (Å²) in [7, 11) is 1.53. The zero-order valence-corrected chi connectivity index (χ0v) is 16.6. The van der Waals surface area contributed by atoms with Gasteiger partial charge in [0.25, 0.3) is 0 Å². The molecule has 0 N–H and O–H groups in total. The number of carbonyl (C=O) groups excluding carboxylic acids is 1. The zero-order chi connectivity index (χ0) is 20.9. The second kappa shape index (κ2) is 9.00. The molecule has 4 rings (SSSR count). The monoisotopic (exact) mass is 410 g/mol. The fourth-order valence-electron chi connectivity index (χ4n) is 3.34. The molecule has 0 aliphatic carbocycles. The summed E-state index contributed by atoms with van der Waals surface area (Å²) in [6.07, 6.45) is 2.20. The quantitative estimate of drug-likeness (QED) is 0.434. The molecule has 2 aromatic carbocycles. The molecular formula is C23H22O7. The Bertz CT molecular complexity index is 1080. The maximum Gasteiger partial charge on any atom is 0.338 e. The Morgan fingerprint density at radius 3 is 2.63 bits per heavy atom. The third-order valence-corrected chi connectivity index (χ3v) is 4.95. The Morgan fingerprint density at radius 1 is 1.10 bits per heavy atom. The molecule has 1 aliphatic heterocycles. The lowest BCUT2D eigenvalue weighted by atomic mass is 10.1. The van der Waals surface area contributed by atoms with Gasteiger partial charge in [-0.1, -0.05) is 0 Å². The fraction of sp³-hybridized carbons (Fsp3) is 0.304. The number of hydrogen-bond donors (Lipinski definition) is 0. The minimum atomic E-state index is -0.519. The van der Waals surface area contributed by atoms with Gasteiger partial charge in [-0.2, -0.15) is 0 Å². The van der Waals surface area contributed by atoms with Crippen molar-refractivity contribution in [3.8, 4) is 11.5 Å². The molecule has 0 saturated carbocycles. The Balaban J connectivity index is 1.40. The van der Waals surface area contributed by atoms with Crippen molar-refractivity contribution < 1.29 is 28.2 Å². The van der Waals surface area contributed by atoms with Gasteiger partial charge in [-0.3, -0.25) is 0 Å². The Kier molecular flexibility index (Phi) is 5.99. The largest absolute Gasteiger partial charge is 0.497 e. The predicted molar refractivity (Wildman–Crippen MR) is 109 cm³/mol. The summed E-state index contributed by atoms with van der Waals surface area (Å²) < 4.78 is 27.0. The predicted octanol–water partition coefficient (Wildman–Crippen LogP) is 3.72. The van der Waals surface area contributed by atoms with Gasteiger partial charge in [-0.25, -0.2) is 9.59 Å². The van der Waals surface area contributed by atoms with Crippen molar-refractivity contribution in [2.45, 2.75) is 25.6 Å². The van der Waals surface area contributed by atoms with Gasteiger partial charge in [-0.05, 0) is 49.2 Å². The molecule has 156 valence electrons. The van der Waals surface area contributed by atoms with E-state index < -0.39 is 11.6 Å². The number of carbonyl (C=O) groups is 1. The second-order valence-corrected chi connectivity index (χ2v) is 7.00. The average Bonchev–Trinajstić information content (AvgIpc) is 3.29. The first kappa shape index (κ1) is 20.0. The highest BCUT2D eigenvalue weighted by molar-refractivity contribution is 5.90. The maximum atomic E-state index is 12.4. The lowest BCUT2D eigenvalue weighted by Gasteiger charge is -2.12. The minimum Gasteiger partial charge on any atom is -0.497 e. The van der Waals surface area contributed by atoms with Crippen LogP contribution in [-0.4, -0.2) is 32.4 Å². The van der Waals surface area contributed by atoms with E-state index in [1.165, 1.54) is 13.2 Å². The van der Waals surface area contributed by atoms with E-state index in [1.54, 1.807) is 42.5 Å². The van der Waals surface area contributed by atoms with Crippen LogP contribution < -0.4 is 15.1 Å². The summed E-state index contributed by atoms with van der Waals surface area (Å²) in [4.78, 5) is 24.3. The highest BCUT2D eigenvalue weighted by atomic mass is 16.5. The first-order valence-electron chi connectivity index (χ1n) is 9.75. The summed E-state index contributed by atoms with van der Waals surface area (Å²) in [6.45, 7) is 1.23. The molecule has 0 spiro atoms. The van der Waals surface area contributed by atoms with Crippen LogP contribution in [0.15, 0.2) is 57.7 Å². The van der Waals surface area contributed by atoms with E-state index in [0.717, 1.165) is 19.4 Å². The highest BCUT2D eigenvalue weighted by Crippen LogP contribution is 2.23. The summed E-state index contributed by atoms with van der Waals surface area (Å²) in [5, 5.41) is 0.682. The van der Waals surface area contributed by atoms with E-state index in [2.05, 4.69) is 0 Å². The van der Waals surface area contributed by atoms with Crippen LogP contribution in [0.2, 0.25) is 0 Å². The molecule has 1 saturated heterocycles. The zero-order valence-electron chi connectivity index (χ0n) is 16.6. The molecule has 0 unspecified atom stereocenters. The Morgan fingerprint density at radius 2 is 1.90 bits per heavy atom. The van der Waals surface area contributed by atoms with E-state index in [0.29, 0.717) is 40.2 Å². The molecule has 0 bridgehead atoms. The van der Waals surface area contributed by atoms with Gasteiger partial charge in [0.05, 0.1) is 18.8 Å². The number of rotatable bonds is 7. The van der Waals surface area contributed by atoms with Gasteiger partial charge >= 0.3 is 11.6 Å². The lowest BCUT2D eigenvalue weighted by molar-refractivity contribution is 0.0473. The van der Waals surface area contributed by atoms with Crippen molar-refractivity contribution in [1.82, 2.24) is 0 Å². The van der Waals surface area contributed by atoms with Crippen LogP contribution in [0.3, 0.4) is 0 Å². The molecule has 0 amide bonds. The normalized spacial score (nSPS) is 15.8. The second-order valence-electron chi connectivity index (χ2n) is 7.00. The molecule has 3 aromatic rings. The van der Waals surface area contributed by atoms with Gasteiger partial charge in [0, 0.05) is 29.7 Å². The van der Waals surface area contributed by atoms with Gasteiger partial charge < -0.3 is 23.4 Å². The number of fused-ring (bicyclic) bond motifs is 1. The minimum absolute atomic E-state index is 0.0511. The summed E-state index contributed by atoms with van der Waals surface area (Å²) in [6, 6.07) is 13.2. The molecule has 30 heavy (non-hydrogen) atoms. The van der Waals surface area contributed by atoms with Crippen molar-refractivity contribution in [3.63, 3.8) is 0 Å². The molecule has 7 nitrogen and oxygen atoms in total. The molecule has 1 aromatic heterocycles. The smallest absolute Gasteiger partial charge is 0.338 e. The topological polar surface area (TPSA) is 84.2 Å². The molecular weight excluding hydrogens is 388 g/mol. The van der Waals surface area contributed by atoms with Crippen LogP contribution in [-0.2, 0) is 16.1 Å². The fourth-order valence-corrected chi connectivity index (χ4v) is 3.34. The molecule has 0 radical (unpaired) electrons. The summed E-state index contributed by atoms with van der Waals surface area (Å²) in [5.41, 5.74) is 0.817. The van der Waals surface area contributed by atoms with Crippen LogP contribution in [0.25, 0.3) is 11.0 Å². The van der Waals surface area contributed by atoms with E-state index in [9.17, 15) is 9.59 Å². The van der Waals surface area contributed by atoms with E-state index in [1.807, 2.05) is 0 Å². The standard InChI is InChI=1S/C23H22O7/c1-26-18-8-9-20-16(11-22(24)30-21(20)12-18)13-29-23(25)15-4-6-17(7-5-15)28-14-19-3-2-10-27-19/h4-9,11-12,19H,2-3,10,13-14H2,1H3/t19-/m1/s1. The molecule has 1 aliphatic rings. The third-order valence-electron chi connectivity index (χ3n) is 4.95. The first-order valence-corrected chi connectivity index (χ1v) is 9.75.